The largest absolute Gasteiger partial charge is 3.00 e. The van der Waals surface area contributed by atoms with Gasteiger partial charge in [-0.3, -0.25) is 28.8 Å². The summed E-state index contributed by atoms with van der Waals surface area (Å²) in [6.07, 6.45) is 2.43. The molecule has 1 radical (unpaired) electrons. The first-order chi connectivity index (χ1) is 25.9. The minimum Gasteiger partial charge on any atom is -0.756 e. The Hall–Kier alpha value is -4.21. The van der Waals surface area contributed by atoms with Gasteiger partial charge in [0.05, 0.1) is 19.3 Å². The summed E-state index contributed by atoms with van der Waals surface area (Å²) in [5, 5.41) is 71.8. The molecule has 20 nitrogen and oxygen atoms in total. The number of nitrogens with one attached hydrogen (secondary N) is 3. The van der Waals surface area contributed by atoms with Crippen LogP contribution in [0.15, 0.2) is 34.9 Å². The van der Waals surface area contributed by atoms with Gasteiger partial charge in [0.2, 0.25) is 35.4 Å². The molecule has 1 rings (SSSR count). The van der Waals surface area contributed by atoms with Gasteiger partial charge in [-0.05, 0) is 71.3 Å². The number of carbonyl (C=O) groups is 7. The Labute approximate surface area is 335 Å². The average molecular weight is 838 g/mol. The van der Waals surface area contributed by atoms with Crippen LogP contribution in [0.4, 0.5) is 0 Å². The molecule has 0 aromatic carbocycles. The minimum atomic E-state index is -1.29. The van der Waals surface area contributed by atoms with Crippen LogP contribution in [0.2, 0.25) is 0 Å². The fraction of sp³-hybridized carbons (Fsp3) is 0.629. The van der Waals surface area contributed by atoms with Gasteiger partial charge in [-0.15, -0.1) is 0 Å². The molecule has 1 saturated heterocycles. The van der Waals surface area contributed by atoms with Gasteiger partial charge in [0.25, 0.3) is 0 Å². The maximum atomic E-state index is 12.6. The van der Waals surface area contributed by atoms with Gasteiger partial charge in [-0.2, -0.15) is 0 Å². The molecule has 1 aliphatic heterocycles. The summed E-state index contributed by atoms with van der Waals surface area (Å²) in [5.41, 5.74) is 1.03. The van der Waals surface area contributed by atoms with Gasteiger partial charge in [0.1, 0.15) is 18.1 Å². The number of ether oxygens (including phenoxy) is 1. The summed E-state index contributed by atoms with van der Waals surface area (Å²) in [5.74, 6) is -5.01. The van der Waals surface area contributed by atoms with Crippen molar-refractivity contribution in [3.05, 3.63) is 50.6 Å². The van der Waals surface area contributed by atoms with Crippen molar-refractivity contribution in [3.63, 3.8) is 0 Å². The van der Waals surface area contributed by atoms with Crippen molar-refractivity contribution in [2.45, 2.75) is 103 Å². The van der Waals surface area contributed by atoms with E-state index < -0.39 is 72.2 Å². The molecule has 21 heteroatoms. The fourth-order valence-electron chi connectivity index (χ4n) is 5.03. The van der Waals surface area contributed by atoms with Crippen LogP contribution in [0.5, 0.6) is 0 Å². The predicted octanol–water partition coefficient (Wildman–Crippen LogP) is -0.701. The van der Waals surface area contributed by atoms with E-state index in [1.807, 2.05) is 0 Å². The van der Waals surface area contributed by atoms with E-state index in [1.54, 1.807) is 6.92 Å². The van der Waals surface area contributed by atoms with E-state index in [-0.39, 0.29) is 122 Å². The monoisotopic (exact) mass is 837 g/mol. The number of hydrogen-bond donors (Lipinski definition) is 6. The third-order valence-electron chi connectivity index (χ3n) is 8.26. The topological polar surface area (TPSA) is 304 Å². The van der Waals surface area contributed by atoms with Crippen LogP contribution in [0.25, 0.3) is 0 Å². The third-order valence-corrected chi connectivity index (χ3v) is 8.26. The molecule has 315 valence electrons. The van der Waals surface area contributed by atoms with Crippen LogP contribution in [0.3, 0.4) is 0 Å². The molecular formula is C35H53FeN6O14. The minimum absolute atomic E-state index is 0. The molecule has 0 spiro atoms. The molecule has 4 atom stereocenters. The number of amides is 6. The Morgan fingerprint density at radius 1 is 0.768 bits per heavy atom. The van der Waals surface area contributed by atoms with E-state index >= 15 is 0 Å². The molecule has 56 heavy (non-hydrogen) atoms. The Kier molecular flexibility index (Phi) is 25.3. The van der Waals surface area contributed by atoms with E-state index in [9.17, 15) is 54.3 Å². The first-order valence-electron chi connectivity index (χ1n) is 17.8. The number of nitrogens with zero attached hydrogens (tertiary/aromatic N) is 3. The zero-order chi connectivity index (χ0) is 41.7. The van der Waals surface area contributed by atoms with Crippen LogP contribution < -0.4 is 16.0 Å². The van der Waals surface area contributed by atoms with E-state index in [1.165, 1.54) is 20.8 Å². The van der Waals surface area contributed by atoms with Crippen molar-refractivity contribution in [3.8, 4) is 0 Å². The number of carbonyl (C=O) groups excluding carboxylic acids is 7. The second-order valence-electron chi connectivity index (χ2n) is 13.1. The van der Waals surface area contributed by atoms with Crippen molar-refractivity contribution in [1.29, 1.82) is 0 Å². The molecule has 1 aliphatic rings. The molecule has 6 N–H and O–H groups in total. The maximum Gasteiger partial charge on any atom is 3.00 e. The van der Waals surface area contributed by atoms with E-state index in [4.69, 9.17) is 14.9 Å². The number of aliphatic hydroxyl groups excluding tert-OH is 3. The molecule has 1 fully saturated rings. The second kappa shape index (κ2) is 27.4. The maximum absolute atomic E-state index is 12.6. The fourth-order valence-corrected chi connectivity index (χ4v) is 5.03. The van der Waals surface area contributed by atoms with Gasteiger partial charge >= 0.3 is 23.0 Å². The third kappa shape index (κ3) is 20.1. The summed E-state index contributed by atoms with van der Waals surface area (Å²) in [6, 6.07) is -3.00. The standard InChI is InChI=1S/C35H53N6O14.Fe/c1-22(11-16-42)18-30(46)39(52)13-5-8-26-33(49)38-27(34(50)37-26)9-6-14-40(53)31(47)19-23(2)12-17-55-35(51)28(36-25(4)44)10-7-15-41(54)32(48)20-24(3)29(45)21-43;/h18-20,26-29,42-43,45H,5-17,21H2,1-4H3,(H,36,44)(H,37,50)(H,38,49);/q-3;+3/b22-18-,23-19-,24-20+;. The Bertz CT molecular complexity index is 1440. The van der Waals surface area contributed by atoms with Crippen molar-refractivity contribution in [2.75, 3.05) is 39.5 Å². The van der Waals surface area contributed by atoms with Crippen molar-refractivity contribution in [1.82, 2.24) is 31.1 Å². The average Bonchev–Trinajstić information content (AvgIpc) is 3.11. The van der Waals surface area contributed by atoms with Crippen LogP contribution in [-0.2, 0) is 55.4 Å². The number of hydroxylamine groups is 6. The second-order valence-corrected chi connectivity index (χ2v) is 13.1. The Morgan fingerprint density at radius 3 is 1.66 bits per heavy atom. The molecule has 0 saturated carbocycles. The van der Waals surface area contributed by atoms with Crippen LogP contribution in [-0.4, -0.2) is 136 Å². The Morgan fingerprint density at radius 2 is 1.21 bits per heavy atom. The van der Waals surface area contributed by atoms with Gasteiger partial charge in [-0.25, -0.2) is 4.79 Å². The van der Waals surface area contributed by atoms with E-state index in [0.29, 0.717) is 11.1 Å². The number of esters is 1. The molecule has 0 aromatic rings. The van der Waals surface area contributed by atoms with Crippen molar-refractivity contribution >= 4 is 41.4 Å². The van der Waals surface area contributed by atoms with Crippen molar-refractivity contribution < 1.29 is 70.7 Å². The summed E-state index contributed by atoms with van der Waals surface area (Å²) < 4.78 is 5.21. The molecule has 0 aliphatic carbocycles. The molecular weight excluding hydrogens is 784 g/mol. The Balaban J connectivity index is 0.0000302. The van der Waals surface area contributed by atoms with Crippen LogP contribution >= 0.6 is 0 Å². The summed E-state index contributed by atoms with van der Waals surface area (Å²) in [4.78, 5) is 85.6. The van der Waals surface area contributed by atoms with Crippen LogP contribution in [0.1, 0.15) is 79.1 Å². The molecule has 0 bridgehead atoms. The smallest absolute Gasteiger partial charge is 0.756 e. The normalized spacial score (nSPS) is 17.1. The van der Waals surface area contributed by atoms with Crippen molar-refractivity contribution in [2.24, 2.45) is 0 Å². The summed E-state index contributed by atoms with van der Waals surface area (Å²) in [6.45, 7) is 3.87. The first-order valence-corrected chi connectivity index (χ1v) is 17.8. The number of aliphatic hydroxyl groups is 3. The first kappa shape index (κ1) is 51.8. The summed E-state index contributed by atoms with van der Waals surface area (Å²) >= 11 is 0. The number of hydrogen-bond acceptors (Lipinski definition) is 14. The number of rotatable bonds is 24. The van der Waals surface area contributed by atoms with Gasteiger partial charge < -0.3 is 66.8 Å². The molecule has 6 amide bonds. The van der Waals surface area contributed by atoms with Gasteiger partial charge in [0, 0.05) is 57.8 Å². The van der Waals surface area contributed by atoms with Crippen LogP contribution in [0, 0.1) is 15.6 Å². The molecule has 4 unspecified atom stereocenters. The number of piperazine rings is 1. The van der Waals surface area contributed by atoms with E-state index in [2.05, 4.69) is 16.0 Å². The van der Waals surface area contributed by atoms with E-state index in [0.717, 1.165) is 18.2 Å². The summed E-state index contributed by atoms with van der Waals surface area (Å²) in [7, 11) is 0. The SMILES string of the molecule is CC(=O)NC(CCCN([O-])C(=O)/C=C(\C)C(O)CO)C(=O)OCC/C(C)=C\C(=O)N([O-])CCCC1NC(=O)C(CCCN([O-])C(=O)/C=C(/C)CCO)NC1=O.[Fe+3]. The van der Waals surface area contributed by atoms with Gasteiger partial charge in [0.15, 0.2) is 0 Å². The predicted molar refractivity (Wildman–Crippen MR) is 196 cm³/mol. The van der Waals surface area contributed by atoms with Gasteiger partial charge in [-0.1, -0.05) is 11.1 Å². The zero-order valence-corrected chi connectivity index (χ0v) is 33.1. The molecule has 0 aromatic heterocycles. The zero-order valence-electron chi connectivity index (χ0n) is 32.0. The quantitative estimate of drug-likeness (QED) is 0.0303. The molecule has 1 heterocycles.